The second-order valence-corrected chi connectivity index (χ2v) is 7.19. The molecule has 0 bridgehead atoms. The summed E-state index contributed by atoms with van der Waals surface area (Å²) in [7, 11) is 0. The molecule has 1 amide bonds. The van der Waals surface area contributed by atoms with E-state index >= 15 is 0 Å². The lowest BCUT2D eigenvalue weighted by atomic mass is 9.97. The third-order valence-corrected chi connectivity index (χ3v) is 5.22. The van der Waals surface area contributed by atoms with Gasteiger partial charge in [-0.3, -0.25) is 10.3 Å². The highest BCUT2D eigenvalue weighted by atomic mass is 19.1. The zero-order valence-electron chi connectivity index (χ0n) is 16.4. The van der Waals surface area contributed by atoms with E-state index in [1.807, 2.05) is 0 Å². The van der Waals surface area contributed by atoms with Crippen LogP contribution in [0.2, 0.25) is 0 Å². The maximum atomic E-state index is 15.0. The summed E-state index contributed by atoms with van der Waals surface area (Å²) in [5.74, 6) is -0.293. The first-order valence-corrected chi connectivity index (χ1v) is 9.57. The Balaban J connectivity index is 1.65. The van der Waals surface area contributed by atoms with Crippen LogP contribution in [0.15, 0.2) is 30.7 Å². The van der Waals surface area contributed by atoms with Crippen LogP contribution in [-0.4, -0.2) is 35.4 Å². The van der Waals surface area contributed by atoms with Gasteiger partial charge in [-0.05, 0) is 30.0 Å². The SMILES string of the molecule is Cc1c(N)cncc1-c1cc2cc(NC(=O)OC3CCOCC3)ncc2c(N)c1F. The minimum absolute atomic E-state index is 0.0341. The molecular weight excluding hydrogens is 389 g/mol. The predicted octanol–water partition coefficient (Wildman–Crippen LogP) is 3.64. The number of carbonyl (C=O) groups is 1. The van der Waals surface area contributed by atoms with Crippen molar-refractivity contribution in [3.63, 3.8) is 0 Å². The third kappa shape index (κ3) is 3.84. The lowest BCUT2D eigenvalue weighted by Gasteiger charge is -2.22. The minimum atomic E-state index is -0.597. The van der Waals surface area contributed by atoms with Crippen LogP contribution < -0.4 is 16.8 Å². The number of benzene rings is 1. The first kappa shape index (κ1) is 19.8. The summed E-state index contributed by atoms with van der Waals surface area (Å²) in [6.45, 7) is 2.92. The molecule has 0 aliphatic carbocycles. The smallest absolute Gasteiger partial charge is 0.413 e. The monoisotopic (exact) mass is 411 g/mol. The Kier molecular flexibility index (Phi) is 5.37. The van der Waals surface area contributed by atoms with Crippen LogP contribution in [0, 0.1) is 12.7 Å². The van der Waals surface area contributed by atoms with Gasteiger partial charge in [0, 0.05) is 41.7 Å². The fraction of sp³-hybridized carbons (Fsp3) is 0.286. The van der Waals surface area contributed by atoms with Crippen LogP contribution in [0.5, 0.6) is 0 Å². The summed E-state index contributed by atoms with van der Waals surface area (Å²) in [4.78, 5) is 20.4. The molecule has 3 aromatic rings. The normalized spacial score (nSPS) is 14.6. The van der Waals surface area contributed by atoms with Gasteiger partial charge in [0.1, 0.15) is 11.9 Å². The summed E-state index contributed by atoms with van der Waals surface area (Å²) in [6, 6.07) is 3.26. The number of nitrogens with one attached hydrogen (secondary N) is 1. The van der Waals surface area contributed by atoms with E-state index in [1.165, 1.54) is 12.4 Å². The number of nitrogens with zero attached hydrogens (tertiary/aromatic N) is 2. The quantitative estimate of drug-likeness (QED) is 0.562. The second kappa shape index (κ2) is 8.11. The predicted molar refractivity (Wildman–Crippen MR) is 112 cm³/mol. The van der Waals surface area contributed by atoms with Gasteiger partial charge in [-0.25, -0.2) is 14.2 Å². The number of pyridine rings is 2. The van der Waals surface area contributed by atoms with E-state index in [1.54, 1.807) is 25.3 Å². The zero-order valence-corrected chi connectivity index (χ0v) is 16.4. The average Bonchev–Trinajstić information content (AvgIpc) is 2.73. The second-order valence-electron chi connectivity index (χ2n) is 7.19. The van der Waals surface area contributed by atoms with Crippen molar-refractivity contribution in [1.29, 1.82) is 0 Å². The highest BCUT2D eigenvalue weighted by Gasteiger charge is 2.19. The number of rotatable bonds is 3. The average molecular weight is 411 g/mol. The Morgan fingerprint density at radius 3 is 2.73 bits per heavy atom. The van der Waals surface area contributed by atoms with Gasteiger partial charge in [0.15, 0.2) is 5.82 Å². The molecule has 8 nitrogen and oxygen atoms in total. The number of anilines is 3. The van der Waals surface area contributed by atoms with Crippen molar-refractivity contribution >= 4 is 34.1 Å². The van der Waals surface area contributed by atoms with E-state index in [0.717, 1.165) is 0 Å². The van der Waals surface area contributed by atoms with E-state index in [4.69, 9.17) is 20.9 Å². The van der Waals surface area contributed by atoms with E-state index < -0.39 is 11.9 Å². The number of fused-ring (bicyclic) bond motifs is 1. The maximum Gasteiger partial charge on any atom is 0.413 e. The highest BCUT2D eigenvalue weighted by molar-refractivity contribution is 5.99. The van der Waals surface area contributed by atoms with Gasteiger partial charge in [-0.1, -0.05) is 0 Å². The molecule has 4 rings (SSSR count). The molecule has 0 saturated carbocycles. The molecule has 30 heavy (non-hydrogen) atoms. The van der Waals surface area contributed by atoms with Gasteiger partial charge in [0.05, 0.1) is 30.8 Å². The van der Waals surface area contributed by atoms with Gasteiger partial charge in [0.25, 0.3) is 0 Å². The molecule has 0 unspecified atom stereocenters. The maximum absolute atomic E-state index is 15.0. The van der Waals surface area contributed by atoms with Gasteiger partial charge >= 0.3 is 6.09 Å². The number of aromatic nitrogens is 2. The lowest BCUT2D eigenvalue weighted by molar-refractivity contribution is 0.00590. The number of hydrogen-bond donors (Lipinski definition) is 3. The van der Waals surface area contributed by atoms with Crippen molar-refractivity contribution < 1.29 is 18.7 Å². The minimum Gasteiger partial charge on any atom is -0.446 e. The Morgan fingerprint density at radius 1 is 1.20 bits per heavy atom. The molecular formula is C21H22FN5O3. The molecule has 2 aromatic heterocycles. The van der Waals surface area contributed by atoms with Gasteiger partial charge in [-0.2, -0.15) is 0 Å². The molecule has 5 N–H and O–H groups in total. The van der Waals surface area contributed by atoms with Crippen LogP contribution >= 0.6 is 0 Å². The first-order chi connectivity index (χ1) is 14.4. The molecule has 9 heteroatoms. The molecule has 156 valence electrons. The van der Waals surface area contributed by atoms with Crippen molar-refractivity contribution in [2.24, 2.45) is 0 Å². The van der Waals surface area contributed by atoms with Gasteiger partial charge in [0.2, 0.25) is 0 Å². The largest absolute Gasteiger partial charge is 0.446 e. The van der Waals surface area contributed by atoms with Gasteiger partial charge in [-0.15, -0.1) is 0 Å². The fourth-order valence-corrected chi connectivity index (χ4v) is 3.45. The van der Waals surface area contributed by atoms with E-state index in [-0.39, 0.29) is 23.2 Å². The van der Waals surface area contributed by atoms with E-state index in [0.29, 0.717) is 53.6 Å². The molecule has 1 aromatic carbocycles. The first-order valence-electron chi connectivity index (χ1n) is 9.57. The van der Waals surface area contributed by atoms with E-state index in [9.17, 15) is 9.18 Å². The molecule has 3 heterocycles. The number of nitrogens with two attached hydrogens (primary N) is 2. The Hall–Kier alpha value is -3.46. The van der Waals surface area contributed by atoms with Crippen LogP contribution in [-0.2, 0) is 9.47 Å². The number of nitrogen functional groups attached to an aromatic ring is 2. The number of ether oxygens (including phenoxy) is 2. The molecule has 0 radical (unpaired) electrons. The summed E-state index contributed by atoms with van der Waals surface area (Å²) in [5, 5.41) is 3.67. The molecule has 1 fully saturated rings. The van der Waals surface area contributed by atoms with Crippen molar-refractivity contribution in [2.45, 2.75) is 25.9 Å². The fourth-order valence-electron chi connectivity index (χ4n) is 3.45. The van der Waals surface area contributed by atoms with E-state index in [2.05, 4.69) is 15.3 Å². The van der Waals surface area contributed by atoms with Crippen LogP contribution in [0.25, 0.3) is 21.9 Å². The standard InChI is InChI=1S/C21H22FN5O3/c1-11-15(8-25-10-17(11)23)14-6-12-7-18(26-9-16(12)20(24)19(14)22)27-21(28)30-13-2-4-29-5-3-13/h6-10,13H,2-5,23-24H2,1H3,(H,26,27,28). The Labute approximate surface area is 172 Å². The highest BCUT2D eigenvalue weighted by Crippen LogP contribution is 2.36. The van der Waals surface area contributed by atoms with Crippen molar-refractivity contribution in [3.8, 4) is 11.1 Å². The van der Waals surface area contributed by atoms with Crippen molar-refractivity contribution in [1.82, 2.24) is 9.97 Å². The lowest BCUT2D eigenvalue weighted by Crippen LogP contribution is -2.28. The summed E-state index contributed by atoms with van der Waals surface area (Å²) in [6.07, 6.45) is 5.01. The van der Waals surface area contributed by atoms with Crippen LogP contribution in [0.1, 0.15) is 18.4 Å². The Bertz CT molecular complexity index is 1120. The number of hydrogen-bond acceptors (Lipinski definition) is 7. The molecule has 1 saturated heterocycles. The number of carbonyl (C=O) groups excluding carboxylic acids is 1. The van der Waals surface area contributed by atoms with Crippen molar-refractivity contribution in [3.05, 3.63) is 42.1 Å². The van der Waals surface area contributed by atoms with Crippen LogP contribution in [0.4, 0.5) is 26.4 Å². The third-order valence-electron chi connectivity index (χ3n) is 5.22. The summed E-state index contributed by atoms with van der Waals surface area (Å²) >= 11 is 0. The molecule has 1 aliphatic rings. The number of halogens is 1. The van der Waals surface area contributed by atoms with Crippen molar-refractivity contribution in [2.75, 3.05) is 30.0 Å². The topological polar surface area (TPSA) is 125 Å². The summed E-state index contributed by atoms with van der Waals surface area (Å²) < 4.78 is 25.6. The molecule has 1 aliphatic heterocycles. The zero-order chi connectivity index (χ0) is 21.3. The van der Waals surface area contributed by atoms with Gasteiger partial charge < -0.3 is 20.9 Å². The molecule has 0 atom stereocenters. The Morgan fingerprint density at radius 2 is 1.97 bits per heavy atom. The van der Waals surface area contributed by atoms with Crippen LogP contribution in [0.3, 0.4) is 0 Å². The number of amides is 1. The summed E-state index contributed by atoms with van der Waals surface area (Å²) in [5.41, 5.74) is 13.9. The molecule has 0 spiro atoms.